The zero-order valence-electron chi connectivity index (χ0n) is 8.42. The molecule has 0 amide bonds. The van der Waals surface area contributed by atoms with Crippen molar-refractivity contribution in [2.75, 3.05) is 0 Å². The summed E-state index contributed by atoms with van der Waals surface area (Å²) < 4.78 is 2.13. The molecule has 1 unspecified atom stereocenters. The molecule has 3 heteroatoms. The fraction of sp³-hybridized carbons (Fsp3) is 0.333. The number of unbranched alkanes of at least 4 members (excludes halogenated alkanes) is 1. The maximum Gasteiger partial charge on any atom is 0.0801 e. The zero-order chi connectivity index (χ0) is 11.3. The highest BCUT2D eigenvalue weighted by Crippen LogP contribution is 2.28. The number of hydrogen-bond acceptors (Lipinski definition) is 1. The third-order valence-corrected chi connectivity index (χ3v) is 3.60. The van der Waals surface area contributed by atoms with E-state index in [1.165, 1.54) is 0 Å². The van der Waals surface area contributed by atoms with E-state index < -0.39 is 0 Å². The van der Waals surface area contributed by atoms with E-state index in [9.17, 15) is 5.11 Å². The van der Waals surface area contributed by atoms with E-state index in [0.29, 0.717) is 0 Å². The SMILES string of the molecule is C=CCCCC(O)c1cc(I)ccc1Br. The standard InChI is InChI=1S/C12H14BrIO/c1-2-3-4-5-12(15)10-8-9(14)6-7-11(10)13/h2,6-8,12,15H,1,3-5H2. The van der Waals surface area contributed by atoms with Gasteiger partial charge in [-0.25, -0.2) is 0 Å². The number of hydrogen-bond donors (Lipinski definition) is 1. The Labute approximate surface area is 113 Å². The highest BCUT2D eigenvalue weighted by atomic mass is 127. The van der Waals surface area contributed by atoms with Crippen LogP contribution < -0.4 is 0 Å². The first-order chi connectivity index (χ1) is 7.15. The van der Waals surface area contributed by atoms with E-state index >= 15 is 0 Å². The number of benzene rings is 1. The Hall–Kier alpha value is 0.130. The van der Waals surface area contributed by atoms with Crippen LogP contribution in [-0.2, 0) is 0 Å². The van der Waals surface area contributed by atoms with Gasteiger partial charge >= 0.3 is 0 Å². The van der Waals surface area contributed by atoms with Crippen LogP contribution in [0.2, 0.25) is 0 Å². The van der Waals surface area contributed by atoms with Crippen molar-refractivity contribution in [3.63, 3.8) is 0 Å². The molecule has 0 aliphatic rings. The van der Waals surface area contributed by atoms with Crippen molar-refractivity contribution in [3.8, 4) is 0 Å². The van der Waals surface area contributed by atoms with Crippen molar-refractivity contribution in [2.24, 2.45) is 0 Å². The highest BCUT2D eigenvalue weighted by molar-refractivity contribution is 14.1. The number of rotatable bonds is 5. The molecule has 0 saturated heterocycles. The summed E-state index contributed by atoms with van der Waals surface area (Å²) >= 11 is 5.71. The zero-order valence-corrected chi connectivity index (χ0v) is 12.2. The Kier molecular flexibility index (Phi) is 5.86. The quantitative estimate of drug-likeness (QED) is 0.454. The van der Waals surface area contributed by atoms with Crippen LogP contribution in [0.1, 0.15) is 30.9 Å². The normalized spacial score (nSPS) is 12.5. The van der Waals surface area contributed by atoms with Crippen LogP contribution in [0.3, 0.4) is 0 Å². The lowest BCUT2D eigenvalue weighted by molar-refractivity contribution is 0.164. The molecule has 1 atom stereocenters. The molecule has 0 heterocycles. The van der Waals surface area contributed by atoms with E-state index in [1.807, 2.05) is 24.3 Å². The van der Waals surface area contributed by atoms with Gasteiger partial charge in [-0.3, -0.25) is 0 Å². The summed E-state index contributed by atoms with van der Waals surface area (Å²) in [6.45, 7) is 3.67. The summed E-state index contributed by atoms with van der Waals surface area (Å²) in [6.07, 6.45) is 4.22. The second-order valence-corrected chi connectivity index (χ2v) is 5.50. The lowest BCUT2D eigenvalue weighted by atomic mass is 10.0. The fourth-order valence-corrected chi connectivity index (χ4v) is 2.41. The first-order valence-electron chi connectivity index (χ1n) is 4.89. The minimum absolute atomic E-state index is 0.381. The molecular weight excluding hydrogens is 367 g/mol. The van der Waals surface area contributed by atoms with Gasteiger partial charge in [0.2, 0.25) is 0 Å². The molecular formula is C12H14BrIO. The Morgan fingerprint density at radius 1 is 1.53 bits per heavy atom. The molecule has 0 aromatic heterocycles. The predicted octanol–water partition coefficient (Wildman–Crippen LogP) is 4.44. The summed E-state index contributed by atoms with van der Waals surface area (Å²) in [5.41, 5.74) is 0.978. The van der Waals surface area contributed by atoms with E-state index in [0.717, 1.165) is 32.9 Å². The van der Waals surface area contributed by atoms with Gasteiger partial charge in [-0.15, -0.1) is 6.58 Å². The van der Waals surface area contributed by atoms with Crippen molar-refractivity contribution in [3.05, 3.63) is 44.5 Å². The van der Waals surface area contributed by atoms with E-state index in [2.05, 4.69) is 45.1 Å². The van der Waals surface area contributed by atoms with Crippen LogP contribution in [0.5, 0.6) is 0 Å². The van der Waals surface area contributed by atoms with Crippen molar-refractivity contribution in [2.45, 2.75) is 25.4 Å². The largest absolute Gasteiger partial charge is 0.388 e. The number of halogens is 2. The van der Waals surface area contributed by atoms with Crippen LogP contribution in [0.25, 0.3) is 0 Å². The minimum Gasteiger partial charge on any atom is -0.388 e. The van der Waals surface area contributed by atoms with Crippen molar-refractivity contribution >= 4 is 38.5 Å². The van der Waals surface area contributed by atoms with Gasteiger partial charge in [0.05, 0.1) is 6.10 Å². The molecule has 0 bridgehead atoms. The first-order valence-corrected chi connectivity index (χ1v) is 6.76. The second kappa shape index (κ2) is 6.66. The van der Waals surface area contributed by atoms with Gasteiger partial charge in [0.25, 0.3) is 0 Å². The molecule has 1 aromatic rings. The number of aliphatic hydroxyl groups excluding tert-OH is 1. The van der Waals surface area contributed by atoms with Crippen molar-refractivity contribution in [1.29, 1.82) is 0 Å². The summed E-state index contributed by atoms with van der Waals surface area (Å²) in [6, 6.07) is 6.02. The molecule has 82 valence electrons. The number of aliphatic hydroxyl groups is 1. The monoisotopic (exact) mass is 380 g/mol. The summed E-state index contributed by atoms with van der Waals surface area (Å²) in [7, 11) is 0. The summed E-state index contributed by atoms with van der Waals surface area (Å²) in [5, 5.41) is 9.98. The maximum atomic E-state index is 9.98. The third kappa shape index (κ3) is 4.25. The van der Waals surface area contributed by atoms with Crippen LogP contribution in [0.4, 0.5) is 0 Å². The highest BCUT2D eigenvalue weighted by Gasteiger charge is 2.10. The molecule has 1 rings (SSSR count). The molecule has 0 radical (unpaired) electrons. The summed E-state index contributed by atoms with van der Waals surface area (Å²) in [5.74, 6) is 0. The molecule has 1 N–H and O–H groups in total. The van der Waals surface area contributed by atoms with E-state index in [4.69, 9.17) is 0 Å². The lowest BCUT2D eigenvalue weighted by Gasteiger charge is -2.12. The van der Waals surface area contributed by atoms with Crippen LogP contribution >= 0.6 is 38.5 Å². The van der Waals surface area contributed by atoms with E-state index in [1.54, 1.807) is 0 Å². The average Bonchev–Trinajstić information content (AvgIpc) is 2.22. The average molecular weight is 381 g/mol. The van der Waals surface area contributed by atoms with Crippen LogP contribution in [0.15, 0.2) is 35.3 Å². The van der Waals surface area contributed by atoms with Crippen molar-refractivity contribution in [1.82, 2.24) is 0 Å². The molecule has 0 aliphatic heterocycles. The maximum absolute atomic E-state index is 9.98. The third-order valence-electron chi connectivity index (χ3n) is 2.20. The molecule has 0 fully saturated rings. The minimum atomic E-state index is -0.381. The Balaban J connectivity index is 2.67. The van der Waals surface area contributed by atoms with Crippen LogP contribution in [0, 0.1) is 3.57 Å². The van der Waals surface area contributed by atoms with E-state index in [-0.39, 0.29) is 6.10 Å². The topological polar surface area (TPSA) is 20.2 Å². The molecule has 0 spiro atoms. The predicted molar refractivity (Wildman–Crippen MR) is 75.9 cm³/mol. The molecule has 1 aromatic carbocycles. The first kappa shape index (κ1) is 13.2. The Morgan fingerprint density at radius 2 is 2.27 bits per heavy atom. The van der Waals surface area contributed by atoms with Crippen LogP contribution in [-0.4, -0.2) is 5.11 Å². The summed E-state index contributed by atoms with van der Waals surface area (Å²) in [4.78, 5) is 0. The fourth-order valence-electron chi connectivity index (χ4n) is 1.38. The smallest absolute Gasteiger partial charge is 0.0801 e. The molecule has 0 saturated carbocycles. The van der Waals surface area contributed by atoms with Gasteiger partial charge in [0, 0.05) is 8.04 Å². The Morgan fingerprint density at radius 3 is 2.93 bits per heavy atom. The molecule has 1 nitrogen and oxygen atoms in total. The van der Waals surface area contributed by atoms with Gasteiger partial charge in [0.1, 0.15) is 0 Å². The molecule has 15 heavy (non-hydrogen) atoms. The Bertz CT molecular complexity index is 338. The van der Waals surface area contributed by atoms with Gasteiger partial charge in [-0.05, 0) is 65.6 Å². The van der Waals surface area contributed by atoms with Gasteiger partial charge in [-0.1, -0.05) is 22.0 Å². The van der Waals surface area contributed by atoms with Gasteiger partial charge in [0.15, 0.2) is 0 Å². The van der Waals surface area contributed by atoms with Crippen molar-refractivity contribution < 1.29 is 5.11 Å². The second-order valence-electron chi connectivity index (χ2n) is 3.40. The molecule has 0 aliphatic carbocycles. The van der Waals surface area contributed by atoms with Gasteiger partial charge < -0.3 is 5.11 Å². The number of allylic oxidation sites excluding steroid dienone is 1. The van der Waals surface area contributed by atoms with Gasteiger partial charge in [-0.2, -0.15) is 0 Å². The lowest BCUT2D eigenvalue weighted by Crippen LogP contribution is -1.98.